The van der Waals surface area contributed by atoms with Gasteiger partial charge in [-0.15, -0.1) is 12.4 Å². The molecule has 5 heteroatoms. The molecule has 1 aromatic carbocycles. The Hall–Kier alpha value is -0.580. The average Bonchev–Trinajstić information content (AvgIpc) is 3.03. The highest BCUT2D eigenvalue weighted by Gasteiger charge is 2.30. The summed E-state index contributed by atoms with van der Waals surface area (Å²) in [5, 5.41) is 3.39. The topological polar surface area (TPSA) is 32.3 Å². The van der Waals surface area contributed by atoms with Crippen molar-refractivity contribution in [3.63, 3.8) is 0 Å². The number of piperidine rings is 1. The number of hydrogen-bond donors (Lipinski definition) is 1. The first-order valence-electron chi connectivity index (χ1n) is 8.49. The molecule has 0 saturated carbocycles. The van der Waals surface area contributed by atoms with Crippen molar-refractivity contribution in [1.82, 2.24) is 10.2 Å². The van der Waals surface area contributed by atoms with E-state index in [1.807, 2.05) is 6.07 Å². The molecule has 23 heavy (non-hydrogen) atoms. The standard InChI is InChI=1S/C18H25BrN2O.ClH/c19-16-4-1-3-15(13-16)17-5-2-12-21(17)18(22)7-6-14-8-10-20-11-9-14;/h1,3-4,13-14,17,20H,2,5-12H2;1H. The molecule has 2 heterocycles. The summed E-state index contributed by atoms with van der Waals surface area (Å²) in [6.07, 6.45) is 6.44. The first-order valence-corrected chi connectivity index (χ1v) is 9.29. The molecule has 2 aliphatic heterocycles. The molecule has 128 valence electrons. The third-order valence-electron chi connectivity index (χ3n) is 5.03. The largest absolute Gasteiger partial charge is 0.336 e. The molecule has 0 bridgehead atoms. The van der Waals surface area contributed by atoms with Gasteiger partial charge in [0.05, 0.1) is 6.04 Å². The monoisotopic (exact) mass is 400 g/mol. The lowest BCUT2D eigenvalue weighted by molar-refractivity contribution is -0.132. The van der Waals surface area contributed by atoms with Crippen LogP contribution < -0.4 is 5.32 Å². The van der Waals surface area contributed by atoms with Crippen molar-refractivity contribution in [1.29, 1.82) is 0 Å². The van der Waals surface area contributed by atoms with Crippen LogP contribution in [0.2, 0.25) is 0 Å². The predicted molar refractivity (Wildman–Crippen MR) is 99.9 cm³/mol. The normalized spacial score (nSPS) is 22.0. The van der Waals surface area contributed by atoms with Gasteiger partial charge < -0.3 is 10.2 Å². The van der Waals surface area contributed by atoms with E-state index in [9.17, 15) is 4.79 Å². The van der Waals surface area contributed by atoms with E-state index in [1.54, 1.807) is 0 Å². The minimum absolute atomic E-state index is 0. The zero-order valence-corrected chi connectivity index (χ0v) is 15.9. The summed E-state index contributed by atoms with van der Waals surface area (Å²) in [7, 11) is 0. The van der Waals surface area contributed by atoms with Gasteiger partial charge in [-0.1, -0.05) is 28.1 Å². The van der Waals surface area contributed by atoms with Crippen molar-refractivity contribution in [2.75, 3.05) is 19.6 Å². The molecule has 0 aliphatic carbocycles. The van der Waals surface area contributed by atoms with Gasteiger partial charge in [0.25, 0.3) is 0 Å². The van der Waals surface area contributed by atoms with Crippen LogP contribution in [0, 0.1) is 5.92 Å². The maximum absolute atomic E-state index is 12.7. The van der Waals surface area contributed by atoms with Crippen LogP contribution in [0.1, 0.15) is 50.1 Å². The Balaban J connectivity index is 0.00000192. The second kappa shape index (κ2) is 9.05. The maximum Gasteiger partial charge on any atom is 0.223 e. The number of rotatable bonds is 4. The van der Waals surface area contributed by atoms with Crippen molar-refractivity contribution in [2.24, 2.45) is 5.92 Å². The van der Waals surface area contributed by atoms with Gasteiger partial charge in [0.1, 0.15) is 0 Å². The average molecular weight is 402 g/mol. The van der Waals surface area contributed by atoms with Gasteiger partial charge in [-0.25, -0.2) is 0 Å². The van der Waals surface area contributed by atoms with Crippen molar-refractivity contribution in [3.8, 4) is 0 Å². The van der Waals surface area contributed by atoms with Crippen LogP contribution >= 0.6 is 28.3 Å². The fourth-order valence-electron chi connectivity index (χ4n) is 3.77. The number of carbonyl (C=O) groups excluding carboxylic acids is 1. The number of nitrogens with one attached hydrogen (secondary N) is 1. The molecule has 1 atom stereocenters. The molecule has 2 aliphatic rings. The first-order chi connectivity index (χ1) is 10.7. The van der Waals surface area contributed by atoms with E-state index in [2.05, 4.69) is 44.3 Å². The van der Waals surface area contributed by atoms with E-state index in [0.717, 1.165) is 55.7 Å². The Labute approximate surface area is 153 Å². The molecule has 1 aromatic rings. The van der Waals surface area contributed by atoms with Gasteiger partial charge in [-0.05, 0) is 68.8 Å². The zero-order chi connectivity index (χ0) is 15.4. The quantitative estimate of drug-likeness (QED) is 0.815. The maximum atomic E-state index is 12.7. The van der Waals surface area contributed by atoms with E-state index in [-0.39, 0.29) is 18.4 Å². The molecule has 1 amide bonds. The van der Waals surface area contributed by atoms with E-state index >= 15 is 0 Å². The van der Waals surface area contributed by atoms with Crippen LogP contribution in [0.3, 0.4) is 0 Å². The Morgan fingerprint density at radius 2 is 2.04 bits per heavy atom. The minimum Gasteiger partial charge on any atom is -0.336 e. The fraction of sp³-hybridized carbons (Fsp3) is 0.611. The summed E-state index contributed by atoms with van der Waals surface area (Å²) in [5.74, 6) is 1.08. The van der Waals surface area contributed by atoms with Gasteiger partial charge in [0.2, 0.25) is 5.91 Å². The highest BCUT2D eigenvalue weighted by Crippen LogP contribution is 2.34. The second-order valence-electron chi connectivity index (χ2n) is 6.53. The summed E-state index contributed by atoms with van der Waals surface area (Å²) in [6.45, 7) is 3.15. The Bertz CT molecular complexity index is 519. The molecular formula is C18H26BrClN2O. The minimum atomic E-state index is 0. The van der Waals surface area contributed by atoms with Crippen LogP contribution in [0.4, 0.5) is 0 Å². The second-order valence-corrected chi connectivity index (χ2v) is 7.45. The molecular weight excluding hydrogens is 376 g/mol. The molecule has 2 fully saturated rings. The van der Waals surface area contributed by atoms with Gasteiger partial charge in [0, 0.05) is 17.4 Å². The van der Waals surface area contributed by atoms with Crippen molar-refractivity contribution < 1.29 is 4.79 Å². The molecule has 1 N–H and O–H groups in total. The lowest BCUT2D eigenvalue weighted by Crippen LogP contribution is -2.32. The highest BCUT2D eigenvalue weighted by molar-refractivity contribution is 9.10. The van der Waals surface area contributed by atoms with Crippen molar-refractivity contribution in [2.45, 2.75) is 44.6 Å². The smallest absolute Gasteiger partial charge is 0.223 e. The summed E-state index contributed by atoms with van der Waals surface area (Å²) in [6, 6.07) is 8.69. The van der Waals surface area contributed by atoms with Crippen LogP contribution in [0.5, 0.6) is 0 Å². The number of halogens is 2. The van der Waals surface area contributed by atoms with E-state index in [0.29, 0.717) is 5.91 Å². The zero-order valence-electron chi connectivity index (χ0n) is 13.5. The van der Waals surface area contributed by atoms with E-state index in [4.69, 9.17) is 0 Å². The lowest BCUT2D eigenvalue weighted by atomic mass is 9.93. The highest BCUT2D eigenvalue weighted by atomic mass is 79.9. The summed E-state index contributed by atoms with van der Waals surface area (Å²) < 4.78 is 1.10. The molecule has 0 aromatic heterocycles. The molecule has 0 spiro atoms. The molecule has 1 unspecified atom stereocenters. The van der Waals surface area contributed by atoms with E-state index in [1.165, 1.54) is 18.4 Å². The van der Waals surface area contributed by atoms with Crippen molar-refractivity contribution in [3.05, 3.63) is 34.3 Å². The van der Waals surface area contributed by atoms with Crippen LogP contribution in [-0.2, 0) is 4.79 Å². The van der Waals surface area contributed by atoms with Crippen LogP contribution in [0.25, 0.3) is 0 Å². The summed E-state index contributed by atoms with van der Waals surface area (Å²) >= 11 is 3.54. The first kappa shape index (κ1) is 18.8. The molecule has 2 saturated heterocycles. The third-order valence-corrected chi connectivity index (χ3v) is 5.53. The van der Waals surface area contributed by atoms with Crippen molar-refractivity contribution >= 4 is 34.2 Å². The molecule has 0 radical (unpaired) electrons. The molecule has 3 nitrogen and oxygen atoms in total. The fourth-order valence-corrected chi connectivity index (χ4v) is 4.18. The Morgan fingerprint density at radius 3 is 2.78 bits per heavy atom. The van der Waals surface area contributed by atoms with E-state index < -0.39 is 0 Å². The number of carbonyl (C=O) groups is 1. The molecule has 3 rings (SSSR count). The Morgan fingerprint density at radius 1 is 1.26 bits per heavy atom. The number of amides is 1. The number of hydrogen-bond acceptors (Lipinski definition) is 2. The van der Waals surface area contributed by atoms with Crippen LogP contribution in [0.15, 0.2) is 28.7 Å². The predicted octanol–water partition coefficient (Wildman–Crippen LogP) is 4.31. The SMILES string of the molecule is Cl.O=C(CCC1CCNCC1)N1CCCC1c1cccc(Br)c1. The Kier molecular flexibility index (Phi) is 7.38. The lowest BCUT2D eigenvalue weighted by Gasteiger charge is -2.27. The van der Waals surface area contributed by atoms with Gasteiger partial charge in [-0.2, -0.15) is 0 Å². The number of likely N-dealkylation sites (tertiary alicyclic amines) is 1. The number of nitrogens with zero attached hydrogens (tertiary/aromatic N) is 1. The van der Waals surface area contributed by atoms with Gasteiger partial charge in [-0.3, -0.25) is 4.79 Å². The third kappa shape index (κ3) is 4.94. The van der Waals surface area contributed by atoms with Gasteiger partial charge >= 0.3 is 0 Å². The van der Waals surface area contributed by atoms with Gasteiger partial charge in [0.15, 0.2) is 0 Å². The number of benzene rings is 1. The summed E-state index contributed by atoms with van der Waals surface area (Å²) in [4.78, 5) is 14.8. The van der Waals surface area contributed by atoms with Crippen LogP contribution in [-0.4, -0.2) is 30.4 Å². The summed E-state index contributed by atoms with van der Waals surface area (Å²) in [5.41, 5.74) is 1.27.